The first-order chi connectivity index (χ1) is 15.1. The number of pyridine rings is 1. The van der Waals surface area contributed by atoms with Gasteiger partial charge in [-0.05, 0) is 43.2 Å². The van der Waals surface area contributed by atoms with Crippen molar-refractivity contribution in [2.45, 2.75) is 25.9 Å². The monoisotopic (exact) mass is 444 g/mol. The molecule has 3 rings (SSSR count). The highest BCUT2D eigenvalue weighted by Crippen LogP contribution is 2.25. The average Bonchev–Trinajstić information content (AvgIpc) is 3.24. The first-order valence-corrected chi connectivity index (χ1v) is 10.8. The Morgan fingerprint density at radius 2 is 2.19 bits per heavy atom. The molecule has 166 valence electrons. The molecule has 1 aromatic carbocycles. The van der Waals surface area contributed by atoms with Crippen molar-refractivity contribution >= 4 is 29.3 Å². The molecule has 2 heterocycles. The molecule has 0 aliphatic carbocycles. The van der Waals surface area contributed by atoms with Crippen LogP contribution < -0.4 is 25.6 Å². The van der Waals surface area contributed by atoms with Crippen LogP contribution in [0, 0.1) is 0 Å². The number of likely N-dealkylation sites (N-methyl/N-ethyl adjacent to an activating group) is 1. The minimum Gasteiger partial charge on any atom is -0.484 e. The van der Waals surface area contributed by atoms with Crippen molar-refractivity contribution in [1.82, 2.24) is 20.9 Å². The number of anilines is 1. The van der Waals surface area contributed by atoms with Crippen LogP contribution in [0.15, 0.2) is 47.6 Å². The van der Waals surface area contributed by atoms with E-state index in [0.29, 0.717) is 23.9 Å². The maximum atomic E-state index is 11.6. The Bertz CT molecular complexity index is 907. The number of nitrogens with one attached hydrogen (secondary N) is 3. The number of carbonyl (C=O) groups excluding carboxylic acids is 1. The van der Waals surface area contributed by atoms with E-state index < -0.39 is 0 Å². The SMILES string of the molecule is CCNC(=O)COc1cccc(CNC(=NC)NC2CCN(c3ncccc3Cl)C2)c1. The number of aliphatic imine (C=N–C) groups is 1. The third-order valence-electron chi connectivity index (χ3n) is 4.89. The van der Waals surface area contributed by atoms with E-state index in [9.17, 15) is 4.79 Å². The highest BCUT2D eigenvalue weighted by atomic mass is 35.5. The third-order valence-corrected chi connectivity index (χ3v) is 5.19. The number of nitrogens with zero attached hydrogens (tertiary/aromatic N) is 3. The van der Waals surface area contributed by atoms with Crippen molar-refractivity contribution in [2.75, 3.05) is 38.2 Å². The number of hydrogen-bond donors (Lipinski definition) is 3. The zero-order valence-corrected chi connectivity index (χ0v) is 18.7. The van der Waals surface area contributed by atoms with Gasteiger partial charge >= 0.3 is 0 Å². The number of ether oxygens (including phenoxy) is 1. The van der Waals surface area contributed by atoms with Gasteiger partial charge in [0.1, 0.15) is 11.6 Å². The summed E-state index contributed by atoms with van der Waals surface area (Å²) in [5, 5.41) is 10.2. The Morgan fingerprint density at radius 3 is 2.97 bits per heavy atom. The van der Waals surface area contributed by atoms with Gasteiger partial charge in [0, 0.05) is 45.5 Å². The lowest BCUT2D eigenvalue weighted by Gasteiger charge is -2.20. The molecule has 1 aliphatic rings. The maximum absolute atomic E-state index is 11.6. The van der Waals surface area contributed by atoms with Crippen molar-refractivity contribution in [3.8, 4) is 5.75 Å². The molecule has 2 aromatic rings. The molecular weight excluding hydrogens is 416 g/mol. The molecule has 1 unspecified atom stereocenters. The Morgan fingerprint density at radius 1 is 1.32 bits per heavy atom. The molecule has 0 spiro atoms. The second-order valence-electron chi connectivity index (χ2n) is 7.20. The van der Waals surface area contributed by atoms with Crippen molar-refractivity contribution in [2.24, 2.45) is 4.99 Å². The van der Waals surface area contributed by atoms with Crippen LogP contribution in [-0.4, -0.2) is 56.2 Å². The van der Waals surface area contributed by atoms with E-state index in [4.69, 9.17) is 16.3 Å². The van der Waals surface area contributed by atoms with Crippen LogP contribution >= 0.6 is 11.6 Å². The van der Waals surface area contributed by atoms with Crippen LogP contribution in [0.25, 0.3) is 0 Å². The summed E-state index contributed by atoms with van der Waals surface area (Å²) in [5.41, 5.74) is 1.03. The van der Waals surface area contributed by atoms with Gasteiger partial charge in [-0.15, -0.1) is 0 Å². The molecule has 1 aliphatic heterocycles. The first-order valence-electron chi connectivity index (χ1n) is 10.4. The Labute approximate surface area is 188 Å². The van der Waals surface area contributed by atoms with Gasteiger partial charge < -0.3 is 25.6 Å². The zero-order valence-electron chi connectivity index (χ0n) is 17.9. The van der Waals surface area contributed by atoms with E-state index in [1.165, 1.54) is 0 Å². The number of aromatic nitrogens is 1. The van der Waals surface area contributed by atoms with E-state index in [1.54, 1.807) is 13.2 Å². The normalized spacial score (nSPS) is 16.2. The van der Waals surface area contributed by atoms with Crippen LogP contribution in [0.5, 0.6) is 5.75 Å². The summed E-state index contributed by atoms with van der Waals surface area (Å²) >= 11 is 6.28. The molecule has 1 atom stereocenters. The van der Waals surface area contributed by atoms with E-state index in [0.717, 1.165) is 36.9 Å². The molecule has 3 N–H and O–H groups in total. The van der Waals surface area contributed by atoms with Crippen LogP contribution in [0.4, 0.5) is 5.82 Å². The van der Waals surface area contributed by atoms with Crippen LogP contribution in [0.3, 0.4) is 0 Å². The molecule has 0 bridgehead atoms. The standard InChI is InChI=1S/C22H29ClN6O2/c1-3-25-20(30)15-31-18-7-4-6-16(12-18)13-27-22(24-2)28-17-9-11-29(14-17)21-19(23)8-5-10-26-21/h4-8,10,12,17H,3,9,11,13-15H2,1-2H3,(H,25,30)(H2,24,27,28). The second kappa shape index (κ2) is 11.4. The summed E-state index contributed by atoms with van der Waals surface area (Å²) in [6.07, 6.45) is 2.73. The third kappa shape index (κ3) is 6.75. The van der Waals surface area contributed by atoms with Crippen LogP contribution in [0.1, 0.15) is 18.9 Å². The summed E-state index contributed by atoms with van der Waals surface area (Å²) in [7, 11) is 1.75. The number of rotatable bonds is 8. The minimum atomic E-state index is -0.131. The summed E-state index contributed by atoms with van der Waals surface area (Å²) < 4.78 is 5.56. The van der Waals surface area contributed by atoms with Gasteiger partial charge in [-0.1, -0.05) is 23.7 Å². The lowest BCUT2D eigenvalue weighted by Crippen LogP contribution is -2.44. The highest BCUT2D eigenvalue weighted by molar-refractivity contribution is 6.32. The van der Waals surface area contributed by atoms with E-state index in [2.05, 4.69) is 30.8 Å². The molecule has 1 saturated heterocycles. The molecular formula is C22H29ClN6O2. The molecule has 1 amide bonds. The summed E-state index contributed by atoms with van der Waals surface area (Å²) in [5.74, 6) is 2.08. The van der Waals surface area contributed by atoms with Crippen molar-refractivity contribution in [1.29, 1.82) is 0 Å². The van der Waals surface area contributed by atoms with Gasteiger partial charge in [0.05, 0.1) is 5.02 Å². The van der Waals surface area contributed by atoms with E-state index >= 15 is 0 Å². The number of hydrogen-bond acceptors (Lipinski definition) is 5. The molecule has 8 nitrogen and oxygen atoms in total. The largest absolute Gasteiger partial charge is 0.484 e. The van der Waals surface area contributed by atoms with Crippen molar-refractivity contribution < 1.29 is 9.53 Å². The highest BCUT2D eigenvalue weighted by Gasteiger charge is 2.25. The molecule has 0 saturated carbocycles. The smallest absolute Gasteiger partial charge is 0.257 e. The van der Waals surface area contributed by atoms with Gasteiger partial charge in [-0.3, -0.25) is 9.79 Å². The predicted octanol–water partition coefficient (Wildman–Crippen LogP) is 2.19. The molecule has 1 aromatic heterocycles. The van der Waals surface area contributed by atoms with Crippen LogP contribution in [-0.2, 0) is 11.3 Å². The van der Waals surface area contributed by atoms with E-state index in [-0.39, 0.29) is 18.6 Å². The zero-order chi connectivity index (χ0) is 22.1. The van der Waals surface area contributed by atoms with Crippen molar-refractivity contribution in [3.05, 3.63) is 53.2 Å². The predicted molar refractivity (Wildman–Crippen MR) is 124 cm³/mol. The Balaban J connectivity index is 1.48. The fourth-order valence-electron chi connectivity index (χ4n) is 3.40. The quantitative estimate of drug-likeness (QED) is 0.427. The lowest BCUT2D eigenvalue weighted by molar-refractivity contribution is -0.122. The number of halogens is 1. The Kier molecular flexibility index (Phi) is 8.35. The van der Waals surface area contributed by atoms with Gasteiger partial charge in [0.2, 0.25) is 0 Å². The molecule has 31 heavy (non-hydrogen) atoms. The number of amides is 1. The van der Waals surface area contributed by atoms with Crippen LogP contribution in [0.2, 0.25) is 5.02 Å². The summed E-state index contributed by atoms with van der Waals surface area (Å²) in [6, 6.07) is 11.6. The number of guanidine groups is 1. The molecule has 0 radical (unpaired) electrons. The maximum Gasteiger partial charge on any atom is 0.257 e. The Hall–Kier alpha value is -3.00. The minimum absolute atomic E-state index is 0.00636. The first kappa shape index (κ1) is 22.7. The van der Waals surface area contributed by atoms with Gasteiger partial charge in [-0.25, -0.2) is 4.98 Å². The van der Waals surface area contributed by atoms with Crippen molar-refractivity contribution in [3.63, 3.8) is 0 Å². The second-order valence-corrected chi connectivity index (χ2v) is 7.61. The summed E-state index contributed by atoms with van der Waals surface area (Å²) in [6.45, 7) is 4.75. The van der Waals surface area contributed by atoms with Gasteiger partial charge in [-0.2, -0.15) is 0 Å². The number of benzene rings is 1. The average molecular weight is 445 g/mol. The fraction of sp³-hybridized carbons (Fsp3) is 0.409. The molecule has 9 heteroatoms. The summed E-state index contributed by atoms with van der Waals surface area (Å²) in [4.78, 5) is 22.5. The lowest BCUT2D eigenvalue weighted by atomic mass is 10.2. The topological polar surface area (TPSA) is 90.9 Å². The van der Waals surface area contributed by atoms with Gasteiger partial charge in [0.25, 0.3) is 5.91 Å². The number of carbonyl (C=O) groups is 1. The molecule has 1 fully saturated rings. The van der Waals surface area contributed by atoms with Gasteiger partial charge in [0.15, 0.2) is 12.6 Å². The fourth-order valence-corrected chi connectivity index (χ4v) is 3.64. The van der Waals surface area contributed by atoms with E-state index in [1.807, 2.05) is 43.3 Å².